The number of hydrogen-bond donors (Lipinski definition) is 1. The number of benzene rings is 1. The van der Waals surface area contributed by atoms with E-state index in [0.717, 1.165) is 19.6 Å². The maximum atomic E-state index is 6.02. The molecule has 110 valence electrons. The first kappa shape index (κ1) is 14.0. The fourth-order valence-electron chi connectivity index (χ4n) is 2.79. The first-order valence-electron chi connectivity index (χ1n) is 7.52. The molecule has 21 heavy (non-hydrogen) atoms. The number of ether oxygens (including phenoxy) is 1. The van der Waals surface area contributed by atoms with Crippen LogP contribution < -0.4 is 5.32 Å². The van der Waals surface area contributed by atoms with Crippen molar-refractivity contribution in [2.75, 3.05) is 18.5 Å². The van der Waals surface area contributed by atoms with E-state index in [9.17, 15) is 0 Å². The molecule has 0 bridgehead atoms. The smallest absolute Gasteiger partial charge is 0.222 e. The normalized spacial score (nSPS) is 22.0. The SMILES string of the molecule is Cc1ccc(C2OCCCC2CNc2ncccn2)cc1. The van der Waals surface area contributed by atoms with Crippen molar-refractivity contribution in [2.45, 2.75) is 25.9 Å². The molecule has 0 radical (unpaired) electrons. The Kier molecular flexibility index (Phi) is 4.46. The third-order valence-electron chi connectivity index (χ3n) is 3.94. The Morgan fingerprint density at radius 2 is 1.95 bits per heavy atom. The zero-order valence-electron chi connectivity index (χ0n) is 12.3. The van der Waals surface area contributed by atoms with E-state index < -0.39 is 0 Å². The molecular formula is C17H21N3O. The molecule has 1 fully saturated rings. The average Bonchev–Trinajstić information content (AvgIpc) is 2.55. The summed E-state index contributed by atoms with van der Waals surface area (Å²) in [5.74, 6) is 1.14. The van der Waals surface area contributed by atoms with Crippen molar-refractivity contribution in [1.29, 1.82) is 0 Å². The molecule has 1 aromatic heterocycles. The second-order valence-corrected chi connectivity index (χ2v) is 5.56. The summed E-state index contributed by atoms with van der Waals surface area (Å²) in [6.45, 7) is 3.79. The molecule has 0 spiro atoms. The number of nitrogens with one attached hydrogen (secondary N) is 1. The van der Waals surface area contributed by atoms with Gasteiger partial charge in [0.1, 0.15) is 0 Å². The van der Waals surface area contributed by atoms with Crippen LogP contribution in [0.2, 0.25) is 0 Å². The van der Waals surface area contributed by atoms with Gasteiger partial charge in [0.2, 0.25) is 5.95 Å². The summed E-state index contributed by atoms with van der Waals surface area (Å²) in [6.07, 6.45) is 5.95. The van der Waals surface area contributed by atoms with Crippen LogP contribution in [0.25, 0.3) is 0 Å². The highest BCUT2D eigenvalue weighted by Gasteiger charge is 2.27. The van der Waals surface area contributed by atoms with Crippen LogP contribution in [0.15, 0.2) is 42.7 Å². The number of anilines is 1. The van der Waals surface area contributed by atoms with E-state index in [4.69, 9.17) is 4.74 Å². The molecule has 1 N–H and O–H groups in total. The Hall–Kier alpha value is -1.94. The van der Waals surface area contributed by atoms with Crippen molar-refractivity contribution in [2.24, 2.45) is 5.92 Å². The van der Waals surface area contributed by atoms with E-state index in [-0.39, 0.29) is 6.10 Å². The highest BCUT2D eigenvalue weighted by Crippen LogP contribution is 2.33. The van der Waals surface area contributed by atoms with Gasteiger partial charge in [0, 0.05) is 31.5 Å². The van der Waals surface area contributed by atoms with Gasteiger partial charge < -0.3 is 10.1 Å². The summed E-state index contributed by atoms with van der Waals surface area (Å²) < 4.78 is 6.02. The maximum absolute atomic E-state index is 6.02. The number of nitrogens with zero attached hydrogens (tertiary/aromatic N) is 2. The van der Waals surface area contributed by atoms with Crippen molar-refractivity contribution >= 4 is 5.95 Å². The van der Waals surface area contributed by atoms with Gasteiger partial charge in [-0.25, -0.2) is 9.97 Å². The van der Waals surface area contributed by atoms with Gasteiger partial charge in [0.25, 0.3) is 0 Å². The van der Waals surface area contributed by atoms with Crippen molar-refractivity contribution < 1.29 is 4.74 Å². The third kappa shape index (κ3) is 3.58. The van der Waals surface area contributed by atoms with Crippen LogP contribution in [0.5, 0.6) is 0 Å². The van der Waals surface area contributed by atoms with E-state index in [1.54, 1.807) is 12.4 Å². The van der Waals surface area contributed by atoms with Crippen molar-refractivity contribution in [3.63, 3.8) is 0 Å². The predicted octanol–water partition coefficient (Wildman–Crippen LogP) is 3.36. The standard InChI is InChI=1S/C17H21N3O/c1-13-5-7-14(8-6-13)16-15(4-2-11-21-16)12-20-17-18-9-3-10-19-17/h3,5-10,15-16H,2,4,11-12H2,1H3,(H,18,19,20). The van der Waals surface area contributed by atoms with E-state index in [0.29, 0.717) is 11.9 Å². The van der Waals surface area contributed by atoms with Crippen LogP contribution in [0.4, 0.5) is 5.95 Å². The zero-order chi connectivity index (χ0) is 14.5. The first-order chi connectivity index (χ1) is 10.3. The van der Waals surface area contributed by atoms with Crippen molar-refractivity contribution in [3.8, 4) is 0 Å². The molecule has 1 aromatic carbocycles. The van der Waals surface area contributed by atoms with Crippen LogP contribution >= 0.6 is 0 Å². The lowest BCUT2D eigenvalue weighted by atomic mass is 9.89. The molecule has 1 aliphatic rings. The van der Waals surface area contributed by atoms with Gasteiger partial charge in [-0.2, -0.15) is 0 Å². The highest BCUT2D eigenvalue weighted by atomic mass is 16.5. The maximum Gasteiger partial charge on any atom is 0.222 e. The van der Waals surface area contributed by atoms with Gasteiger partial charge >= 0.3 is 0 Å². The summed E-state index contributed by atoms with van der Waals surface area (Å²) in [6, 6.07) is 10.5. The molecule has 3 rings (SSSR count). The van der Waals surface area contributed by atoms with Crippen molar-refractivity contribution in [1.82, 2.24) is 9.97 Å². The minimum atomic E-state index is 0.163. The number of aryl methyl sites for hydroxylation is 1. The summed E-state index contributed by atoms with van der Waals surface area (Å²) in [5.41, 5.74) is 2.54. The second-order valence-electron chi connectivity index (χ2n) is 5.56. The molecule has 1 saturated heterocycles. The van der Waals surface area contributed by atoms with Gasteiger partial charge in [-0.1, -0.05) is 29.8 Å². The molecule has 1 aliphatic heterocycles. The predicted molar refractivity (Wildman–Crippen MR) is 83.1 cm³/mol. The van der Waals surface area contributed by atoms with Crippen LogP contribution in [0.3, 0.4) is 0 Å². The Balaban J connectivity index is 1.68. The quantitative estimate of drug-likeness (QED) is 0.934. The Morgan fingerprint density at radius 3 is 2.71 bits per heavy atom. The van der Waals surface area contributed by atoms with Gasteiger partial charge in [-0.05, 0) is 31.4 Å². The Labute approximate surface area is 125 Å². The first-order valence-corrected chi connectivity index (χ1v) is 7.52. The fraction of sp³-hybridized carbons (Fsp3) is 0.412. The highest BCUT2D eigenvalue weighted by molar-refractivity contribution is 5.26. The molecule has 2 atom stereocenters. The Morgan fingerprint density at radius 1 is 1.19 bits per heavy atom. The van der Waals surface area contributed by atoms with Crippen LogP contribution in [-0.4, -0.2) is 23.1 Å². The summed E-state index contributed by atoms with van der Waals surface area (Å²) in [7, 11) is 0. The molecule has 4 nitrogen and oxygen atoms in total. The number of hydrogen-bond acceptors (Lipinski definition) is 4. The average molecular weight is 283 g/mol. The number of rotatable bonds is 4. The van der Waals surface area contributed by atoms with E-state index in [2.05, 4.69) is 46.5 Å². The molecule has 2 aromatic rings. The molecule has 2 unspecified atom stereocenters. The van der Waals surface area contributed by atoms with Crippen LogP contribution in [-0.2, 0) is 4.74 Å². The molecular weight excluding hydrogens is 262 g/mol. The van der Waals surface area contributed by atoms with E-state index in [1.807, 2.05) is 6.07 Å². The lowest BCUT2D eigenvalue weighted by molar-refractivity contribution is -0.0238. The second kappa shape index (κ2) is 6.68. The monoisotopic (exact) mass is 283 g/mol. The lowest BCUT2D eigenvalue weighted by Crippen LogP contribution is -2.28. The summed E-state index contributed by atoms with van der Waals surface area (Å²) in [4.78, 5) is 8.42. The van der Waals surface area contributed by atoms with Crippen LogP contribution in [0, 0.1) is 12.8 Å². The summed E-state index contributed by atoms with van der Waals surface area (Å²) in [5, 5.41) is 3.32. The fourth-order valence-corrected chi connectivity index (χ4v) is 2.79. The summed E-state index contributed by atoms with van der Waals surface area (Å²) >= 11 is 0. The third-order valence-corrected chi connectivity index (χ3v) is 3.94. The minimum Gasteiger partial charge on any atom is -0.373 e. The lowest BCUT2D eigenvalue weighted by Gasteiger charge is -2.32. The van der Waals surface area contributed by atoms with Gasteiger partial charge in [-0.3, -0.25) is 0 Å². The molecule has 0 aliphatic carbocycles. The Bertz CT molecular complexity index is 556. The molecule has 4 heteroatoms. The van der Waals surface area contributed by atoms with E-state index >= 15 is 0 Å². The van der Waals surface area contributed by atoms with Gasteiger partial charge in [0.15, 0.2) is 0 Å². The van der Waals surface area contributed by atoms with E-state index in [1.165, 1.54) is 17.5 Å². The number of aromatic nitrogens is 2. The molecule has 0 saturated carbocycles. The zero-order valence-corrected chi connectivity index (χ0v) is 12.3. The molecule has 0 amide bonds. The van der Waals surface area contributed by atoms with Gasteiger partial charge in [0.05, 0.1) is 6.10 Å². The molecule has 2 heterocycles. The van der Waals surface area contributed by atoms with Gasteiger partial charge in [-0.15, -0.1) is 0 Å². The van der Waals surface area contributed by atoms with Crippen LogP contribution in [0.1, 0.15) is 30.1 Å². The topological polar surface area (TPSA) is 47.0 Å². The van der Waals surface area contributed by atoms with Crippen molar-refractivity contribution in [3.05, 3.63) is 53.9 Å². The largest absolute Gasteiger partial charge is 0.373 e. The minimum absolute atomic E-state index is 0.163.